The Labute approximate surface area is 101 Å². The van der Waals surface area contributed by atoms with Crippen LogP contribution in [0.2, 0.25) is 0 Å². The Morgan fingerprint density at radius 3 is 2.29 bits per heavy atom. The van der Waals surface area contributed by atoms with Gasteiger partial charge < -0.3 is 11.1 Å². The fourth-order valence-electron chi connectivity index (χ4n) is 1.41. The quantitative estimate of drug-likeness (QED) is 0.793. The molecule has 17 heavy (non-hydrogen) atoms. The summed E-state index contributed by atoms with van der Waals surface area (Å²) in [6, 6.07) is 8.83. The van der Waals surface area contributed by atoms with Gasteiger partial charge in [-0.15, -0.1) is 0 Å². The van der Waals surface area contributed by atoms with Gasteiger partial charge in [0, 0.05) is 12.3 Å². The van der Waals surface area contributed by atoms with Gasteiger partial charge in [0.2, 0.25) is 11.8 Å². The SMILES string of the molecule is CC(C)C(=O)N[C@@H](Cc1ccccc1)C(N)=O. The third kappa shape index (κ3) is 4.26. The monoisotopic (exact) mass is 234 g/mol. The third-order valence-electron chi connectivity index (χ3n) is 2.47. The molecule has 0 unspecified atom stereocenters. The molecule has 0 spiro atoms. The van der Waals surface area contributed by atoms with Crippen LogP contribution in [0.25, 0.3) is 0 Å². The van der Waals surface area contributed by atoms with Gasteiger partial charge in [-0.3, -0.25) is 9.59 Å². The molecule has 1 atom stereocenters. The molecule has 0 heterocycles. The molecule has 0 aliphatic carbocycles. The molecule has 3 N–H and O–H groups in total. The second kappa shape index (κ2) is 6.03. The fourth-order valence-corrected chi connectivity index (χ4v) is 1.41. The first-order valence-electron chi connectivity index (χ1n) is 5.64. The Hall–Kier alpha value is -1.84. The van der Waals surface area contributed by atoms with Crippen molar-refractivity contribution in [2.45, 2.75) is 26.3 Å². The van der Waals surface area contributed by atoms with Gasteiger partial charge in [0.15, 0.2) is 0 Å². The summed E-state index contributed by atoms with van der Waals surface area (Å²) in [4.78, 5) is 22.8. The maximum Gasteiger partial charge on any atom is 0.240 e. The number of hydrogen-bond acceptors (Lipinski definition) is 2. The van der Waals surface area contributed by atoms with Crippen LogP contribution in [0.3, 0.4) is 0 Å². The number of benzene rings is 1. The van der Waals surface area contributed by atoms with E-state index in [-0.39, 0.29) is 11.8 Å². The third-order valence-corrected chi connectivity index (χ3v) is 2.47. The lowest BCUT2D eigenvalue weighted by molar-refractivity contribution is -0.129. The van der Waals surface area contributed by atoms with E-state index in [4.69, 9.17) is 5.73 Å². The minimum atomic E-state index is -0.646. The summed E-state index contributed by atoms with van der Waals surface area (Å²) in [5, 5.41) is 2.65. The number of carbonyl (C=O) groups is 2. The molecule has 1 aromatic carbocycles. The molecule has 0 bridgehead atoms. The lowest BCUT2D eigenvalue weighted by atomic mass is 10.0. The molecule has 1 rings (SSSR count). The highest BCUT2D eigenvalue weighted by atomic mass is 16.2. The topological polar surface area (TPSA) is 72.2 Å². The standard InChI is InChI=1S/C13H18N2O2/c1-9(2)13(17)15-11(12(14)16)8-10-6-4-3-5-7-10/h3-7,9,11H,8H2,1-2H3,(H2,14,16)(H,15,17)/t11-/m0/s1. The molecule has 1 aromatic rings. The molecular formula is C13H18N2O2. The normalized spacial score (nSPS) is 12.2. The zero-order chi connectivity index (χ0) is 12.8. The second-order valence-electron chi connectivity index (χ2n) is 4.31. The Balaban J connectivity index is 2.68. The van der Waals surface area contributed by atoms with E-state index >= 15 is 0 Å². The smallest absolute Gasteiger partial charge is 0.240 e. The minimum absolute atomic E-state index is 0.160. The number of carbonyl (C=O) groups excluding carboxylic acids is 2. The van der Waals surface area contributed by atoms with Crippen molar-refractivity contribution < 1.29 is 9.59 Å². The molecular weight excluding hydrogens is 216 g/mol. The van der Waals surface area contributed by atoms with E-state index in [1.54, 1.807) is 13.8 Å². The highest BCUT2D eigenvalue weighted by Crippen LogP contribution is 2.04. The van der Waals surface area contributed by atoms with E-state index in [1.807, 2.05) is 30.3 Å². The van der Waals surface area contributed by atoms with Crippen LogP contribution in [0.1, 0.15) is 19.4 Å². The number of rotatable bonds is 5. The molecule has 4 heteroatoms. The summed E-state index contributed by atoms with van der Waals surface area (Å²) in [5.41, 5.74) is 6.25. The van der Waals surface area contributed by atoms with Gasteiger partial charge in [0.05, 0.1) is 0 Å². The van der Waals surface area contributed by atoms with Gasteiger partial charge in [-0.2, -0.15) is 0 Å². The maximum atomic E-state index is 11.5. The van der Waals surface area contributed by atoms with Gasteiger partial charge >= 0.3 is 0 Å². The van der Waals surface area contributed by atoms with Crippen LogP contribution >= 0.6 is 0 Å². The van der Waals surface area contributed by atoms with Crippen molar-refractivity contribution in [3.63, 3.8) is 0 Å². The largest absolute Gasteiger partial charge is 0.368 e. The number of nitrogens with one attached hydrogen (secondary N) is 1. The molecule has 0 aliphatic rings. The van der Waals surface area contributed by atoms with Gasteiger partial charge in [0.25, 0.3) is 0 Å². The van der Waals surface area contributed by atoms with Crippen molar-refractivity contribution in [3.05, 3.63) is 35.9 Å². The predicted octanol–water partition coefficient (Wildman–Crippen LogP) is 0.855. The van der Waals surface area contributed by atoms with Crippen molar-refractivity contribution in [1.29, 1.82) is 0 Å². The van der Waals surface area contributed by atoms with E-state index < -0.39 is 11.9 Å². The van der Waals surface area contributed by atoms with Crippen molar-refractivity contribution in [1.82, 2.24) is 5.32 Å². The minimum Gasteiger partial charge on any atom is -0.368 e. The van der Waals surface area contributed by atoms with Crippen molar-refractivity contribution in [2.75, 3.05) is 0 Å². The Morgan fingerprint density at radius 2 is 1.82 bits per heavy atom. The number of primary amides is 1. The van der Waals surface area contributed by atoms with E-state index in [0.29, 0.717) is 6.42 Å². The van der Waals surface area contributed by atoms with E-state index in [0.717, 1.165) is 5.56 Å². The second-order valence-corrected chi connectivity index (χ2v) is 4.31. The molecule has 0 saturated carbocycles. The van der Waals surface area contributed by atoms with Crippen LogP contribution in [0.15, 0.2) is 30.3 Å². The Kier molecular flexibility index (Phi) is 4.69. The zero-order valence-corrected chi connectivity index (χ0v) is 10.1. The number of hydrogen-bond donors (Lipinski definition) is 2. The van der Waals surface area contributed by atoms with Crippen molar-refractivity contribution in [2.24, 2.45) is 11.7 Å². The molecule has 0 aromatic heterocycles. The zero-order valence-electron chi connectivity index (χ0n) is 10.1. The van der Waals surface area contributed by atoms with Crippen molar-refractivity contribution >= 4 is 11.8 Å². The summed E-state index contributed by atoms with van der Waals surface area (Å²) in [5.74, 6) is -0.833. The first-order chi connectivity index (χ1) is 8.00. The maximum absolute atomic E-state index is 11.5. The molecule has 2 amide bonds. The molecule has 4 nitrogen and oxygen atoms in total. The van der Waals surface area contributed by atoms with Crippen LogP contribution in [-0.2, 0) is 16.0 Å². The Morgan fingerprint density at radius 1 is 1.24 bits per heavy atom. The summed E-state index contributed by atoms with van der Waals surface area (Å²) >= 11 is 0. The predicted molar refractivity (Wildman–Crippen MR) is 66.1 cm³/mol. The number of nitrogens with two attached hydrogens (primary N) is 1. The lowest BCUT2D eigenvalue weighted by Gasteiger charge is -2.16. The molecule has 0 aliphatic heterocycles. The highest BCUT2D eigenvalue weighted by molar-refractivity contribution is 5.87. The summed E-state index contributed by atoms with van der Waals surface area (Å²) in [7, 11) is 0. The average molecular weight is 234 g/mol. The fraction of sp³-hybridized carbons (Fsp3) is 0.385. The first kappa shape index (κ1) is 13.2. The first-order valence-corrected chi connectivity index (χ1v) is 5.64. The van der Waals surface area contributed by atoms with Gasteiger partial charge in [-0.05, 0) is 5.56 Å². The average Bonchev–Trinajstić information content (AvgIpc) is 2.29. The van der Waals surface area contributed by atoms with Crippen LogP contribution in [0.5, 0.6) is 0 Å². The van der Waals surface area contributed by atoms with Crippen LogP contribution in [-0.4, -0.2) is 17.9 Å². The van der Waals surface area contributed by atoms with Gasteiger partial charge in [-0.25, -0.2) is 0 Å². The summed E-state index contributed by atoms with van der Waals surface area (Å²) in [6.45, 7) is 3.55. The van der Waals surface area contributed by atoms with Crippen LogP contribution < -0.4 is 11.1 Å². The van der Waals surface area contributed by atoms with Crippen molar-refractivity contribution in [3.8, 4) is 0 Å². The van der Waals surface area contributed by atoms with Gasteiger partial charge in [-0.1, -0.05) is 44.2 Å². The molecule has 0 saturated heterocycles. The molecule has 92 valence electrons. The molecule has 0 fully saturated rings. The van der Waals surface area contributed by atoms with E-state index in [9.17, 15) is 9.59 Å². The van der Waals surface area contributed by atoms with Gasteiger partial charge in [0.1, 0.15) is 6.04 Å². The van der Waals surface area contributed by atoms with E-state index in [1.165, 1.54) is 0 Å². The van der Waals surface area contributed by atoms with Crippen LogP contribution in [0, 0.1) is 5.92 Å². The van der Waals surface area contributed by atoms with Crippen LogP contribution in [0.4, 0.5) is 0 Å². The Bertz CT molecular complexity index is 388. The highest BCUT2D eigenvalue weighted by Gasteiger charge is 2.19. The lowest BCUT2D eigenvalue weighted by Crippen LogP contribution is -2.47. The summed E-state index contributed by atoms with van der Waals surface area (Å²) in [6.07, 6.45) is 0.425. The van der Waals surface area contributed by atoms with E-state index in [2.05, 4.69) is 5.32 Å². The summed E-state index contributed by atoms with van der Waals surface area (Å²) < 4.78 is 0. The molecule has 0 radical (unpaired) electrons. The number of amides is 2.